The Labute approximate surface area is 102 Å². The lowest BCUT2D eigenvalue weighted by atomic mass is 10.1. The number of hydrogen-bond donors (Lipinski definition) is 1. The van der Waals surface area contributed by atoms with Gasteiger partial charge in [0.05, 0.1) is 11.2 Å². The van der Waals surface area contributed by atoms with Gasteiger partial charge in [0.1, 0.15) is 10.7 Å². The van der Waals surface area contributed by atoms with E-state index in [9.17, 15) is 9.18 Å². The molecule has 1 heterocycles. The molecule has 2 aromatic rings. The van der Waals surface area contributed by atoms with E-state index in [0.717, 1.165) is 16.9 Å². The third kappa shape index (κ3) is 2.88. The van der Waals surface area contributed by atoms with Crippen LogP contribution in [0.4, 0.5) is 4.39 Å². The molecule has 0 radical (unpaired) electrons. The van der Waals surface area contributed by atoms with Crippen LogP contribution >= 0.6 is 11.3 Å². The number of rotatable bonds is 4. The van der Waals surface area contributed by atoms with Crippen LogP contribution in [-0.2, 0) is 12.8 Å². The maximum atomic E-state index is 12.7. The molecule has 0 bridgehead atoms. The Kier molecular flexibility index (Phi) is 3.49. The molecule has 1 aromatic carbocycles. The maximum Gasteiger partial charge on any atom is 0.347 e. The number of aryl methyl sites for hydroxylation is 2. The lowest BCUT2D eigenvalue weighted by Gasteiger charge is -2.00. The highest BCUT2D eigenvalue weighted by atomic mass is 32.1. The van der Waals surface area contributed by atoms with Gasteiger partial charge in [-0.25, -0.2) is 14.2 Å². The summed E-state index contributed by atoms with van der Waals surface area (Å²) in [6.07, 6.45) is 1.21. The van der Waals surface area contributed by atoms with Crippen LogP contribution in [0, 0.1) is 5.82 Å². The number of thiazole rings is 1. The van der Waals surface area contributed by atoms with Gasteiger partial charge in [0.2, 0.25) is 0 Å². The first kappa shape index (κ1) is 11.7. The number of carboxylic acids is 1. The Balaban J connectivity index is 2.05. The van der Waals surface area contributed by atoms with Gasteiger partial charge in [-0.1, -0.05) is 12.1 Å². The topological polar surface area (TPSA) is 50.2 Å². The molecular formula is C12H10FNO2S. The molecule has 0 atom stereocenters. The third-order valence-corrected chi connectivity index (χ3v) is 3.26. The minimum absolute atomic E-state index is 0.270. The molecule has 0 saturated heterocycles. The molecular weight excluding hydrogens is 241 g/mol. The van der Waals surface area contributed by atoms with Gasteiger partial charge in [0.15, 0.2) is 0 Å². The highest BCUT2D eigenvalue weighted by Crippen LogP contribution is 2.15. The van der Waals surface area contributed by atoms with E-state index < -0.39 is 5.97 Å². The van der Waals surface area contributed by atoms with Gasteiger partial charge in [-0.15, -0.1) is 11.3 Å². The van der Waals surface area contributed by atoms with Crippen LogP contribution in [-0.4, -0.2) is 16.1 Å². The summed E-state index contributed by atoms with van der Waals surface area (Å²) in [4.78, 5) is 15.2. The van der Waals surface area contributed by atoms with Crippen LogP contribution < -0.4 is 0 Å². The van der Waals surface area contributed by atoms with Crippen molar-refractivity contribution in [3.8, 4) is 0 Å². The van der Waals surface area contributed by atoms with Crippen molar-refractivity contribution in [3.05, 3.63) is 51.7 Å². The van der Waals surface area contributed by atoms with Gasteiger partial charge in [0, 0.05) is 0 Å². The summed E-state index contributed by atoms with van der Waals surface area (Å²) >= 11 is 1.12. The zero-order valence-corrected chi connectivity index (χ0v) is 9.71. The summed E-state index contributed by atoms with van der Waals surface area (Å²) in [6, 6.07) is 6.19. The van der Waals surface area contributed by atoms with Crippen LogP contribution in [0.1, 0.15) is 20.9 Å². The van der Waals surface area contributed by atoms with Crippen LogP contribution in [0.15, 0.2) is 29.8 Å². The zero-order chi connectivity index (χ0) is 12.3. The predicted molar refractivity (Wildman–Crippen MR) is 62.9 cm³/mol. The van der Waals surface area contributed by atoms with Crippen molar-refractivity contribution in [2.24, 2.45) is 0 Å². The van der Waals surface area contributed by atoms with Gasteiger partial charge in [-0.05, 0) is 30.5 Å². The number of aromatic carboxylic acids is 1. The smallest absolute Gasteiger partial charge is 0.347 e. The van der Waals surface area contributed by atoms with Gasteiger partial charge in [0.25, 0.3) is 0 Å². The fourth-order valence-corrected chi connectivity index (χ4v) is 2.21. The first-order chi connectivity index (χ1) is 8.16. The van der Waals surface area contributed by atoms with Crippen molar-refractivity contribution < 1.29 is 14.3 Å². The average Bonchev–Trinajstić information content (AvgIpc) is 2.76. The first-order valence-electron chi connectivity index (χ1n) is 5.07. The second-order valence-corrected chi connectivity index (χ2v) is 4.41. The largest absolute Gasteiger partial charge is 0.477 e. The fourth-order valence-electron chi connectivity index (χ4n) is 1.54. The molecule has 0 fully saturated rings. The van der Waals surface area contributed by atoms with Crippen LogP contribution in [0.5, 0.6) is 0 Å². The molecule has 2 rings (SSSR count). The first-order valence-corrected chi connectivity index (χ1v) is 5.95. The minimum Gasteiger partial charge on any atom is -0.477 e. The molecule has 88 valence electrons. The minimum atomic E-state index is -0.943. The van der Waals surface area contributed by atoms with E-state index in [4.69, 9.17) is 5.11 Å². The van der Waals surface area contributed by atoms with Gasteiger partial charge in [-0.2, -0.15) is 0 Å². The zero-order valence-electron chi connectivity index (χ0n) is 8.89. The Morgan fingerprint density at radius 2 is 2.00 bits per heavy atom. The van der Waals surface area contributed by atoms with Crippen molar-refractivity contribution in [1.29, 1.82) is 0 Å². The molecule has 0 amide bonds. The number of benzene rings is 1. The number of halogens is 1. The number of carbonyl (C=O) groups is 1. The summed E-state index contributed by atoms with van der Waals surface area (Å²) in [6.45, 7) is 0. The number of aromatic nitrogens is 1. The van der Waals surface area contributed by atoms with Crippen molar-refractivity contribution in [3.63, 3.8) is 0 Å². The Hall–Kier alpha value is -1.75. The molecule has 3 nitrogen and oxygen atoms in total. The lowest BCUT2D eigenvalue weighted by molar-refractivity contribution is 0.0700. The molecule has 0 saturated carbocycles. The Morgan fingerprint density at radius 3 is 2.65 bits per heavy atom. The fraction of sp³-hybridized carbons (Fsp3) is 0.167. The van der Waals surface area contributed by atoms with Crippen molar-refractivity contribution in [2.75, 3.05) is 0 Å². The second kappa shape index (κ2) is 5.05. The van der Waals surface area contributed by atoms with E-state index >= 15 is 0 Å². The van der Waals surface area contributed by atoms with E-state index in [0.29, 0.717) is 18.5 Å². The maximum absolute atomic E-state index is 12.7. The summed E-state index contributed by atoms with van der Waals surface area (Å²) < 4.78 is 12.7. The molecule has 17 heavy (non-hydrogen) atoms. The molecule has 1 N–H and O–H groups in total. The molecule has 0 unspecified atom stereocenters. The Morgan fingerprint density at radius 1 is 1.29 bits per heavy atom. The van der Waals surface area contributed by atoms with Gasteiger partial charge < -0.3 is 5.11 Å². The van der Waals surface area contributed by atoms with Gasteiger partial charge in [-0.3, -0.25) is 0 Å². The molecule has 0 spiro atoms. The van der Waals surface area contributed by atoms with E-state index in [1.807, 2.05) is 0 Å². The monoisotopic (exact) mass is 251 g/mol. The summed E-state index contributed by atoms with van der Waals surface area (Å²) in [5.41, 5.74) is 3.09. The third-order valence-electron chi connectivity index (χ3n) is 2.40. The highest BCUT2D eigenvalue weighted by molar-refractivity contribution is 7.11. The van der Waals surface area contributed by atoms with Crippen molar-refractivity contribution >= 4 is 17.3 Å². The van der Waals surface area contributed by atoms with E-state index in [1.165, 1.54) is 17.6 Å². The summed E-state index contributed by atoms with van der Waals surface area (Å²) in [5, 5.41) is 8.91. The van der Waals surface area contributed by atoms with E-state index in [1.54, 1.807) is 12.1 Å². The molecule has 0 aliphatic carbocycles. The number of hydrogen-bond acceptors (Lipinski definition) is 3. The summed E-state index contributed by atoms with van der Waals surface area (Å²) in [5.74, 6) is -1.21. The summed E-state index contributed by atoms with van der Waals surface area (Å²) in [7, 11) is 0. The van der Waals surface area contributed by atoms with E-state index in [-0.39, 0.29) is 10.7 Å². The van der Waals surface area contributed by atoms with Crippen molar-refractivity contribution in [1.82, 2.24) is 4.98 Å². The SMILES string of the molecule is O=C(O)c1scnc1CCc1ccc(F)cc1. The predicted octanol–water partition coefficient (Wildman–Crippen LogP) is 2.77. The number of nitrogens with zero attached hydrogens (tertiary/aromatic N) is 1. The van der Waals surface area contributed by atoms with Crippen molar-refractivity contribution in [2.45, 2.75) is 12.8 Å². The normalized spacial score (nSPS) is 10.4. The quantitative estimate of drug-likeness (QED) is 0.909. The number of carboxylic acid groups (broad SMARTS) is 1. The molecule has 0 aliphatic rings. The average molecular weight is 251 g/mol. The van der Waals surface area contributed by atoms with Gasteiger partial charge >= 0.3 is 5.97 Å². The van der Waals surface area contributed by atoms with Crippen LogP contribution in [0.2, 0.25) is 0 Å². The van der Waals surface area contributed by atoms with Crippen LogP contribution in [0.3, 0.4) is 0 Å². The van der Waals surface area contributed by atoms with E-state index in [2.05, 4.69) is 4.98 Å². The second-order valence-electron chi connectivity index (χ2n) is 3.56. The standard InChI is InChI=1S/C12H10FNO2S/c13-9-4-1-8(2-5-9)3-6-10-11(12(15)16)17-7-14-10/h1-2,4-5,7H,3,6H2,(H,15,16). The molecule has 5 heteroatoms. The molecule has 0 aliphatic heterocycles. The van der Waals surface area contributed by atoms with Crippen LogP contribution in [0.25, 0.3) is 0 Å². The molecule has 1 aromatic heterocycles. The lowest BCUT2D eigenvalue weighted by Crippen LogP contribution is -2.00. The highest BCUT2D eigenvalue weighted by Gasteiger charge is 2.12. The Bertz CT molecular complexity index is 522.